The molecular weight excluding hydrogens is 382 g/mol. The molecule has 0 bridgehead atoms. The van der Waals surface area contributed by atoms with Crippen LogP contribution in [0.25, 0.3) is 0 Å². The molecule has 0 atom stereocenters. The number of aryl methyl sites for hydroxylation is 1. The van der Waals surface area contributed by atoms with Crippen LogP contribution in [0.5, 0.6) is 5.88 Å². The molecule has 0 aromatic carbocycles. The minimum absolute atomic E-state index is 0.00126. The van der Waals surface area contributed by atoms with Crippen LogP contribution in [0.4, 0.5) is 11.8 Å². The maximum atomic E-state index is 12.8. The van der Waals surface area contributed by atoms with Gasteiger partial charge in [-0.15, -0.1) is 0 Å². The highest BCUT2D eigenvalue weighted by molar-refractivity contribution is 5.94. The summed E-state index contributed by atoms with van der Waals surface area (Å²) in [6, 6.07) is 5.47. The SMILES string of the molecule is COc1cc(C(=O)N2CCN(c3nc(C)cc(N4CCN(C)CC4)n3)CC2)ccn1. The zero-order valence-electron chi connectivity index (χ0n) is 17.9. The number of nitrogens with zero attached hydrogens (tertiary/aromatic N) is 7. The fraction of sp³-hybridized carbons (Fsp3) is 0.524. The summed E-state index contributed by atoms with van der Waals surface area (Å²) in [5.41, 5.74) is 1.57. The van der Waals surface area contributed by atoms with Crippen molar-refractivity contribution >= 4 is 17.7 Å². The molecule has 4 rings (SSSR count). The zero-order valence-corrected chi connectivity index (χ0v) is 17.9. The second-order valence-electron chi connectivity index (χ2n) is 7.82. The van der Waals surface area contributed by atoms with Gasteiger partial charge in [-0.2, -0.15) is 4.98 Å². The normalized spacial score (nSPS) is 17.9. The fourth-order valence-electron chi connectivity index (χ4n) is 3.82. The minimum Gasteiger partial charge on any atom is -0.481 e. The standard InChI is InChI=1S/C21H29N7O2/c1-16-14-18(26-8-6-25(2)7-9-26)24-21(23-16)28-12-10-27(11-13-28)20(29)17-4-5-22-19(15-17)30-3/h4-5,14-15H,6-13H2,1-3H3. The molecule has 0 saturated carbocycles. The highest BCUT2D eigenvalue weighted by Crippen LogP contribution is 2.20. The number of likely N-dealkylation sites (N-methyl/N-ethyl adjacent to an activating group) is 1. The number of piperazine rings is 2. The molecule has 9 nitrogen and oxygen atoms in total. The number of carbonyl (C=O) groups excluding carboxylic acids is 1. The molecule has 2 aromatic heterocycles. The third-order valence-electron chi connectivity index (χ3n) is 5.70. The molecule has 30 heavy (non-hydrogen) atoms. The molecule has 4 heterocycles. The molecule has 9 heteroatoms. The van der Waals surface area contributed by atoms with Crippen molar-refractivity contribution in [2.24, 2.45) is 0 Å². The maximum absolute atomic E-state index is 12.8. The van der Waals surface area contributed by atoms with Gasteiger partial charge in [-0.25, -0.2) is 9.97 Å². The second kappa shape index (κ2) is 8.83. The summed E-state index contributed by atoms with van der Waals surface area (Å²) < 4.78 is 5.13. The first-order valence-corrected chi connectivity index (χ1v) is 10.4. The molecular formula is C21H29N7O2. The number of rotatable bonds is 4. The zero-order chi connectivity index (χ0) is 21.1. The highest BCUT2D eigenvalue weighted by atomic mass is 16.5. The Balaban J connectivity index is 1.42. The molecule has 160 valence electrons. The summed E-state index contributed by atoms with van der Waals surface area (Å²) in [6.07, 6.45) is 1.60. The van der Waals surface area contributed by atoms with Crippen molar-refractivity contribution < 1.29 is 9.53 Å². The summed E-state index contributed by atoms with van der Waals surface area (Å²) in [6.45, 7) is 8.72. The highest BCUT2D eigenvalue weighted by Gasteiger charge is 2.25. The van der Waals surface area contributed by atoms with E-state index in [0.717, 1.165) is 43.6 Å². The topological polar surface area (TPSA) is 77.9 Å². The Morgan fingerprint density at radius 2 is 1.67 bits per heavy atom. The van der Waals surface area contributed by atoms with Gasteiger partial charge in [-0.05, 0) is 20.0 Å². The van der Waals surface area contributed by atoms with Gasteiger partial charge >= 0.3 is 0 Å². The van der Waals surface area contributed by atoms with E-state index in [1.54, 1.807) is 25.4 Å². The molecule has 0 spiro atoms. The Morgan fingerprint density at radius 3 is 2.37 bits per heavy atom. The van der Waals surface area contributed by atoms with Gasteiger partial charge in [0.15, 0.2) is 0 Å². The van der Waals surface area contributed by atoms with E-state index in [1.807, 2.05) is 11.8 Å². The lowest BCUT2D eigenvalue weighted by Crippen LogP contribution is -2.49. The molecule has 0 radical (unpaired) electrons. The molecule has 0 unspecified atom stereocenters. The quantitative estimate of drug-likeness (QED) is 0.735. The van der Waals surface area contributed by atoms with Crippen LogP contribution in [0, 0.1) is 6.92 Å². The van der Waals surface area contributed by atoms with Crippen LogP contribution in [0.2, 0.25) is 0 Å². The Bertz CT molecular complexity index is 891. The molecule has 0 N–H and O–H groups in total. The van der Waals surface area contributed by atoms with Crippen molar-refractivity contribution in [2.75, 3.05) is 76.3 Å². The maximum Gasteiger partial charge on any atom is 0.254 e. The van der Waals surface area contributed by atoms with Crippen LogP contribution in [0.15, 0.2) is 24.4 Å². The van der Waals surface area contributed by atoms with Crippen LogP contribution in [-0.2, 0) is 0 Å². The van der Waals surface area contributed by atoms with E-state index < -0.39 is 0 Å². The molecule has 0 aliphatic carbocycles. The monoisotopic (exact) mass is 411 g/mol. The van der Waals surface area contributed by atoms with E-state index in [-0.39, 0.29) is 5.91 Å². The van der Waals surface area contributed by atoms with E-state index in [4.69, 9.17) is 9.72 Å². The summed E-state index contributed by atoms with van der Waals surface area (Å²) in [5, 5.41) is 0. The van der Waals surface area contributed by atoms with Crippen LogP contribution in [-0.4, -0.2) is 97.2 Å². The van der Waals surface area contributed by atoms with Crippen LogP contribution in [0.3, 0.4) is 0 Å². The van der Waals surface area contributed by atoms with Gasteiger partial charge < -0.3 is 24.3 Å². The fourth-order valence-corrected chi connectivity index (χ4v) is 3.82. The third kappa shape index (κ3) is 4.46. The van der Waals surface area contributed by atoms with Gasteiger partial charge in [-0.1, -0.05) is 0 Å². The van der Waals surface area contributed by atoms with E-state index in [0.29, 0.717) is 37.6 Å². The molecule has 2 aliphatic heterocycles. The van der Waals surface area contributed by atoms with Gasteiger partial charge in [0.1, 0.15) is 5.82 Å². The number of anilines is 2. The molecule has 2 fully saturated rings. The van der Waals surface area contributed by atoms with E-state index in [1.165, 1.54) is 0 Å². The number of pyridine rings is 1. The predicted octanol–water partition coefficient (Wildman–Crippen LogP) is 0.903. The lowest BCUT2D eigenvalue weighted by atomic mass is 10.2. The largest absolute Gasteiger partial charge is 0.481 e. The summed E-state index contributed by atoms with van der Waals surface area (Å²) in [7, 11) is 3.70. The van der Waals surface area contributed by atoms with Crippen molar-refractivity contribution in [1.82, 2.24) is 24.8 Å². The number of ether oxygens (including phenoxy) is 1. The Labute approximate surface area is 177 Å². The lowest BCUT2D eigenvalue weighted by molar-refractivity contribution is 0.0745. The average Bonchev–Trinajstić information content (AvgIpc) is 2.79. The van der Waals surface area contributed by atoms with E-state index in [2.05, 4.69) is 37.8 Å². The van der Waals surface area contributed by atoms with E-state index >= 15 is 0 Å². The number of carbonyl (C=O) groups is 1. The summed E-state index contributed by atoms with van der Waals surface area (Å²) in [4.78, 5) is 35.1. The molecule has 2 aliphatic rings. The number of hydrogen-bond donors (Lipinski definition) is 0. The Morgan fingerprint density at radius 1 is 0.967 bits per heavy atom. The Hall–Kier alpha value is -2.94. The first-order chi connectivity index (χ1) is 14.5. The van der Waals surface area contributed by atoms with Crippen molar-refractivity contribution in [3.8, 4) is 5.88 Å². The first-order valence-electron chi connectivity index (χ1n) is 10.4. The van der Waals surface area contributed by atoms with Crippen LogP contribution >= 0.6 is 0 Å². The molecule has 2 aromatic rings. The summed E-state index contributed by atoms with van der Waals surface area (Å²) >= 11 is 0. The number of methoxy groups -OCH3 is 1. The van der Waals surface area contributed by atoms with Gasteiger partial charge in [0.25, 0.3) is 5.91 Å². The first kappa shape index (κ1) is 20.3. The van der Waals surface area contributed by atoms with Crippen molar-refractivity contribution in [2.45, 2.75) is 6.92 Å². The number of hydrogen-bond acceptors (Lipinski definition) is 8. The van der Waals surface area contributed by atoms with Crippen molar-refractivity contribution in [3.63, 3.8) is 0 Å². The Kier molecular flexibility index (Phi) is 5.98. The minimum atomic E-state index is -0.00126. The van der Waals surface area contributed by atoms with Crippen LogP contribution < -0.4 is 14.5 Å². The van der Waals surface area contributed by atoms with Gasteiger partial charge in [0.05, 0.1) is 7.11 Å². The predicted molar refractivity (Wildman–Crippen MR) is 115 cm³/mol. The summed E-state index contributed by atoms with van der Waals surface area (Å²) in [5.74, 6) is 2.19. The van der Waals surface area contributed by atoms with Crippen molar-refractivity contribution in [1.29, 1.82) is 0 Å². The van der Waals surface area contributed by atoms with Gasteiger partial charge in [-0.3, -0.25) is 4.79 Å². The molecule has 1 amide bonds. The average molecular weight is 412 g/mol. The molecule has 2 saturated heterocycles. The number of amides is 1. The second-order valence-corrected chi connectivity index (χ2v) is 7.82. The van der Waals surface area contributed by atoms with Gasteiger partial charge in [0, 0.05) is 81.9 Å². The lowest BCUT2D eigenvalue weighted by Gasteiger charge is -2.36. The smallest absolute Gasteiger partial charge is 0.254 e. The third-order valence-corrected chi connectivity index (χ3v) is 5.70. The van der Waals surface area contributed by atoms with Crippen LogP contribution in [0.1, 0.15) is 16.1 Å². The van der Waals surface area contributed by atoms with Crippen molar-refractivity contribution in [3.05, 3.63) is 35.7 Å². The van der Waals surface area contributed by atoms with E-state index in [9.17, 15) is 4.79 Å². The van der Waals surface area contributed by atoms with Gasteiger partial charge in [0.2, 0.25) is 11.8 Å². The number of aromatic nitrogens is 3.